The number of halogens is 3. The molecule has 0 aliphatic carbocycles. The van der Waals surface area contributed by atoms with E-state index in [0.29, 0.717) is 23.6 Å². The second-order valence-corrected chi connectivity index (χ2v) is 11.1. The molecule has 1 N–H and O–H groups in total. The molecule has 6 rings (SSSR count). The fourth-order valence-corrected chi connectivity index (χ4v) is 6.22. The summed E-state index contributed by atoms with van der Waals surface area (Å²) in [7, 11) is 0. The average molecular weight is 545 g/mol. The van der Waals surface area contributed by atoms with Crippen LogP contribution in [0.25, 0.3) is 27.8 Å². The molecule has 3 heterocycles. The lowest BCUT2D eigenvalue weighted by Crippen LogP contribution is -2.36. The van der Waals surface area contributed by atoms with Crippen LogP contribution in [0.15, 0.2) is 60.8 Å². The lowest BCUT2D eigenvalue weighted by molar-refractivity contribution is 0.123. The van der Waals surface area contributed by atoms with Crippen LogP contribution in [0.4, 0.5) is 8.78 Å². The molecule has 3 aromatic carbocycles. The van der Waals surface area contributed by atoms with Crippen LogP contribution in [-0.2, 0) is 31.5 Å². The number of hydrogen-bond donors (Lipinski definition) is 1. The van der Waals surface area contributed by atoms with Crippen LogP contribution >= 0.6 is 11.6 Å². The molecule has 0 spiro atoms. The van der Waals surface area contributed by atoms with Crippen molar-refractivity contribution in [2.75, 3.05) is 0 Å². The molecule has 0 amide bonds. The Morgan fingerprint density at radius 1 is 0.974 bits per heavy atom. The average Bonchev–Trinajstić information content (AvgIpc) is 3.61. The first-order chi connectivity index (χ1) is 18.7. The number of aromatic amines is 1. The predicted molar refractivity (Wildman–Crippen MR) is 153 cm³/mol. The third-order valence-corrected chi connectivity index (χ3v) is 8.53. The van der Waals surface area contributed by atoms with E-state index in [0.717, 1.165) is 52.0 Å². The number of hydrogen-bond acceptors (Lipinski definition) is 2. The maximum Gasteiger partial charge on any atom is 0.147 e. The summed E-state index contributed by atoms with van der Waals surface area (Å²) >= 11 is 6.43. The first-order valence-corrected chi connectivity index (χ1v) is 13.8. The van der Waals surface area contributed by atoms with E-state index in [-0.39, 0.29) is 11.6 Å². The summed E-state index contributed by atoms with van der Waals surface area (Å²) in [4.78, 5) is 5.39. The van der Waals surface area contributed by atoms with Gasteiger partial charge in [-0.05, 0) is 73.7 Å². The van der Waals surface area contributed by atoms with E-state index in [1.54, 1.807) is 12.3 Å². The van der Waals surface area contributed by atoms with Crippen molar-refractivity contribution in [3.05, 3.63) is 105 Å². The van der Waals surface area contributed by atoms with Gasteiger partial charge in [0.2, 0.25) is 0 Å². The van der Waals surface area contributed by atoms with Crippen LogP contribution in [0.3, 0.4) is 0 Å². The highest BCUT2D eigenvalue weighted by Crippen LogP contribution is 2.46. The highest BCUT2D eigenvalue weighted by atomic mass is 35.5. The zero-order valence-electron chi connectivity index (χ0n) is 22.6. The largest absolute Gasteiger partial charge is 0.359 e. The molecule has 0 bridgehead atoms. The van der Waals surface area contributed by atoms with E-state index < -0.39 is 5.54 Å². The smallest absolute Gasteiger partial charge is 0.147 e. The lowest BCUT2D eigenvalue weighted by Gasteiger charge is -2.32. The first-order valence-electron chi connectivity index (χ1n) is 13.4. The number of para-hydroxylation sites is 1. The van der Waals surface area contributed by atoms with Crippen molar-refractivity contribution in [2.24, 2.45) is 0 Å². The molecule has 0 atom stereocenters. The minimum Gasteiger partial charge on any atom is -0.359 e. The van der Waals surface area contributed by atoms with E-state index in [9.17, 15) is 8.78 Å². The molecule has 0 saturated carbocycles. The lowest BCUT2D eigenvalue weighted by atomic mass is 9.97. The summed E-state index contributed by atoms with van der Waals surface area (Å²) in [5.41, 5.74) is 8.48. The summed E-state index contributed by atoms with van der Waals surface area (Å²) in [5.74, 6) is -0.628. The monoisotopic (exact) mass is 544 g/mol. The van der Waals surface area contributed by atoms with E-state index in [2.05, 4.69) is 60.5 Å². The fraction of sp³-hybridized carbons (Fsp3) is 0.281. The second kappa shape index (κ2) is 9.61. The molecular formula is C32H31ClF2N4. The van der Waals surface area contributed by atoms with Crippen molar-refractivity contribution in [1.29, 1.82) is 0 Å². The Balaban J connectivity index is 1.59. The van der Waals surface area contributed by atoms with Crippen LogP contribution in [0.5, 0.6) is 0 Å². The molecule has 1 aliphatic rings. The molecule has 1 aliphatic heterocycles. The summed E-state index contributed by atoms with van der Waals surface area (Å²) < 4.78 is 30.6. The van der Waals surface area contributed by atoms with E-state index in [1.807, 2.05) is 12.1 Å². The molecule has 0 fully saturated rings. The van der Waals surface area contributed by atoms with Crippen LogP contribution < -0.4 is 0 Å². The van der Waals surface area contributed by atoms with Gasteiger partial charge in [-0.15, -0.1) is 0 Å². The molecule has 2 aromatic heterocycles. The zero-order chi connectivity index (χ0) is 27.5. The third-order valence-electron chi connectivity index (χ3n) is 8.18. The Bertz CT molecular complexity index is 1690. The van der Waals surface area contributed by atoms with Gasteiger partial charge in [-0.1, -0.05) is 49.7 Å². The van der Waals surface area contributed by atoms with Crippen LogP contribution in [0.1, 0.15) is 55.6 Å². The molecule has 200 valence electrons. The van der Waals surface area contributed by atoms with E-state index in [1.165, 1.54) is 29.3 Å². The Labute approximate surface area is 232 Å². The second-order valence-electron chi connectivity index (χ2n) is 10.7. The van der Waals surface area contributed by atoms with Crippen LogP contribution in [0.2, 0.25) is 5.02 Å². The topological polar surface area (TPSA) is 36.9 Å². The van der Waals surface area contributed by atoms with Crippen molar-refractivity contribution in [2.45, 2.75) is 59.2 Å². The number of H-pyrrole nitrogens is 1. The maximum atomic E-state index is 14.8. The Morgan fingerprint density at radius 2 is 1.72 bits per heavy atom. The Kier molecular flexibility index (Phi) is 6.35. The van der Waals surface area contributed by atoms with Gasteiger partial charge in [-0.3, -0.25) is 4.90 Å². The molecule has 4 nitrogen and oxygen atoms in total. The molecule has 0 unspecified atom stereocenters. The van der Waals surface area contributed by atoms with Gasteiger partial charge in [-0.2, -0.15) is 5.10 Å². The third kappa shape index (κ3) is 4.09. The number of rotatable bonds is 6. The standard InChI is InChI=1S/C32H31ClF2N4/c1-5-19-8-7-9-20(6-2)29(19)39-30(24-12-13-27(35)28-23(24)14-15-36-28)25-18-38(32(3,4)31(25)37-39)17-21-10-11-22(34)16-26(21)33/h7-16,36H,5-6,17-18H2,1-4H3. The van der Waals surface area contributed by atoms with Crippen molar-refractivity contribution < 1.29 is 8.78 Å². The first kappa shape index (κ1) is 25.8. The molecule has 0 saturated heterocycles. The van der Waals surface area contributed by atoms with Gasteiger partial charge in [0.25, 0.3) is 0 Å². The van der Waals surface area contributed by atoms with Crippen LogP contribution in [-0.4, -0.2) is 19.7 Å². The number of nitrogens with zero attached hydrogens (tertiary/aromatic N) is 3. The minimum atomic E-state index is -0.419. The Morgan fingerprint density at radius 3 is 2.41 bits per heavy atom. The highest BCUT2D eigenvalue weighted by Gasteiger charge is 2.43. The van der Waals surface area contributed by atoms with Gasteiger partial charge in [0, 0.05) is 40.8 Å². The van der Waals surface area contributed by atoms with Gasteiger partial charge < -0.3 is 4.98 Å². The number of nitrogens with one attached hydrogen (secondary N) is 1. The van der Waals surface area contributed by atoms with Crippen molar-refractivity contribution in [3.63, 3.8) is 0 Å². The number of aryl methyl sites for hydroxylation is 2. The summed E-state index contributed by atoms with van der Waals surface area (Å²) in [6.45, 7) is 9.84. The molecule has 39 heavy (non-hydrogen) atoms. The zero-order valence-corrected chi connectivity index (χ0v) is 23.3. The normalized spacial score (nSPS) is 14.8. The van der Waals surface area contributed by atoms with Gasteiger partial charge in [0.05, 0.1) is 28.1 Å². The van der Waals surface area contributed by atoms with Crippen molar-refractivity contribution in [1.82, 2.24) is 19.7 Å². The van der Waals surface area contributed by atoms with Crippen molar-refractivity contribution in [3.8, 4) is 16.9 Å². The Hall–Kier alpha value is -3.48. The molecule has 7 heteroatoms. The number of fused-ring (bicyclic) bond motifs is 2. The molecule has 5 aromatic rings. The summed E-state index contributed by atoms with van der Waals surface area (Å²) in [5, 5.41) is 6.56. The van der Waals surface area contributed by atoms with Gasteiger partial charge in [-0.25, -0.2) is 13.5 Å². The van der Waals surface area contributed by atoms with Gasteiger partial charge >= 0.3 is 0 Å². The van der Waals surface area contributed by atoms with E-state index >= 15 is 0 Å². The van der Waals surface area contributed by atoms with Crippen LogP contribution in [0, 0.1) is 11.6 Å². The van der Waals surface area contributed by atoms with Gasteiger partial charge in [0.15, 0.2) is 0 Å². The highest BCUT2D eigenvalue weighted by molar-refractivity contribution is 6.31. The molecule has 0 radical (unpaired) electrons. The summed E-state index contributed by atoms with van der Waals surface area (Å²) in [6, 6.07) is 16.3. The predicted octanol–water partition coefficient (Wildman–Crippen LogP) is 8.33. The quantitative estimate of drug-likeness (QED) is 0.233. The fourth-order valence-electron chi connectivity index (χ4n) is 5.99. The number of aromatic nitrogens is 3. The van der Waals surface area contributed by atoms with Gasteiger partial charge in [0.1, 0.15) is 11.6 Å². The SMILES string of the molecule is CCc1cccc(CC)c1-n1nc2c(c1-c1ccc(F)c3[nH]ccc13)CN(Cc1ccc(F)cc1Cl)C2(C)C. The van der Waals surface area contributed by atoms with Crippen molar-refractivity contribution >= 4 is 22.5 Å². The van der Waals surface area contributed by atoms with E-state index in [4.69, 9.17) is 16.7 Å². The summed E-state index contributed by atoms with van der Waals surface area (Å²) in [6.07, 6.45) is 3.52. The molecular weight excluding hydrogens is 514 g/mol. The minimum absolute atomic E-state index is 0.280. The number of benzene rings is 3. The maximum absolute atomic E-state index is 14.8.